The van der Waals surface area contributed by atoms with Gasteiger partial charge >= 0.3 is 5.97 Å². The molecule has 2 aromatic heterocycles. The van der Waals surface area contributed by atoms with Crippen LogP contribution in [0.2, 0.25) is 0 Å². The van der Waals surface area contributed by atoms with E-state index in [1.165, 1.54) is 5.56 Å². The Morgan fingerprint density at radius 3 is 2.84 bits per heavy atom. The van der Waals surface area contributed by atoms with Crippen LogP contribution in [-0.2, 0) is 11.2 Å². The van der Waals surface area contributed by atoms with Gasteiger partial charge in [0.05, 0.1) is 18.8 Å². The van der Waals surface area contributed by atoms with Crippen molar-refractivity contribution in [3.8, 4) is 5.75 Å². The van der Waals surface area contributed by atoms with Gasteiger partial charge in [0.1, 0.15) is 11.9 Å². The molecule has 0 radical (unpaired) electrons. The smallest absolute Gasteiger partial charge is 0.303 e. The van der Waals surface area contributed by atoms with E-state index < -0.39 is 12.1 Å². The van der Waals surface area contributed by atoms with Crippen LogP contribution in [-0.4, -0.2) is 57.9 Å². The average molecular weight is 509 g/mol. The number of alkyl halides is 1. The average Bonchev–Trinajstić information content (AvgIpc) is 2.93. The van der Waals surface area contributed by atoms with E-state index in [4.69, 9.17) is 4.74 Å². The van der Waals surface area contributed by atoms with Gasteiger partial charge in [-0.15, -0.1) is 0 Å². The minimum absolute atomic E-state index is 0.165. The number of hydrogen-bond acceptors (Lipinski definition) is 6. The van der Waals surface area contributed by atoms with Crippen LogP contribution in [0.5, 0.6) is 5.75 Å². The predicted molar refractivity (Wildman–Crippen MR) is 141 cm³/mol. The highest BCUT2D eigenvalue weighted by atomic mass is 19.1. The molecule has 7 nitrogen and oxygen atoms in total. The van der Waals surface area contributed by atoms with Gasteiger partial charge in [0.15, 0.2) is 0 Å². The van der Waals surface area contributed by atoms with E-state index in [-0.39, 0.29) is 12.3 Å². The number of benzene rings is 1. The first-order valence-corrected chi connectivity index (χ1v) is 13.3. The number of carbonyl (C=O) groups is 1. The number of ether oxygens (including phenoxy) is 1. The molecule has 1 N–H and O–H groups in total. The second-order valence-corrected chi connectivity index (χ2v) is 10.1. The van der Waals surface area contributed by atoms with Crippen LogP contribution in [0.3, 0.4) is 0 Å². The number of rotatable bonds is 13. The lowest BCUT2D eigenvalue weighted by molar-refractivity contribution is -0.137. The summed E-state index contributed by atoms with van der Waals surface area (Å²) in [6.07, 6.45) is 10.2. The molecule has 0 amide bonds. The highest BCUT2D eigenvalue weighted by Gasteiger charge is 2.30. The Kier molecular flexibility index (Phi) is 9.77. The Bertz CT molecular complexity index is 1150. The van der Waals surface area contributed by atoms with Crippen LogP contribution in [0.1, 0.15) is 62.2 Å². The summed E-state index contributed by atoms with van der Waals surface area (Å²) in [5.41, 5.74) is 2.61. The SMILES string of the molecule is COc1ccc2nccc(C(F)CC[C@@H]3CCN(CCCCc4ccnnc4)C[C@@H]3CCC(=O)O)c2c1. The minimum Gasteiger partial charge on any atom is -0.497 e. The van der Waals surface area contributed by atoms with Crippen molar-refractivity contribution in [2.24, 2.45) is 11.8 Å². The zero-order valence-corrected chi connectivity index (χ0v) is 21.6. The number of aliphatic carboxylic acids is 1. The van der Waals surface area contributed by atoms with E-state index in [1.807, 2.05) is 30.5 Å². The van der Waals surface area contributed by atoms with Gasteiger partial charge in [-0.1, -0.05) is 0 Å². The first-order valence-electron chi connectivity index (χ1n) is 13.3. The molecule has 8 heteroatoms. The number of carboxylic acid groups (broad SMARTS) is 1. The Hall–Kier alpha value is -3.13. The summed E-state index contributed by atoms with van der Waals surface area (Å²) in [6, 6.07) is 9.31. The van der Waals surface area contributed by atoms with Crippen molar-refractivity contribution in [1.29, 1.82) is 0 Å². The topological polar surface area (TPSA) is 88.4 Å². The first kappa shape index (κ1) is 26.9. The Balaban J connectivity index is 1.32. The monoisotopic (exact) mass is 508 g/mol. The lowest BCUT2D eigenvalue weighted by Crippen LogP contribution is -2.41. The quantitative estimate of drug-likeness (QED) is 0.299. The van der Waals surface area contributed by atoms with Crippen LogP contribution < -0.4 is 4.74 Å². The maximum Gasteiger partial charge on any atom is 0.303 e. The van der Waals surface area contributed by atoms with Gasteiger partial charge in [0.2, 0.25) is 0 Å². The number of pyridine rings is 1. The van der Waals surface area contributed by atoms with E-state index in [1.54, 1.807) is 25.6 Å². The number of methoxy groups -OCH3 is 1. The highest BCUT2D eigenvalue weighted by molar-refractivity contribution is 5.83. The third-order valence-electron chi connectivity index (χ3n) is 7.65. The fourth-order valence-electron chi connectivity index (χ4n) is 5.57. The van der Waals surface area contributed by atoms with Gasteiger partial charge in [-0.25, -0.2) is 4.39 Å². The molecular weight excluding hydrogens is 471 g/mol. The van der Waals surface area contributed by atoms with E-state index in [2.05, 4.69) is 20.1 Å². The number of nitrogens with zero attached hydrogens (tertiary/aromatic N) is 4. The number of aryl methyl sites for hydroxylation is 1. The number of carboxylic acids is 1. The molecule has 0 saturated carbocycles. The molecule has 1 saturated heterocycles. The van der Waals surface area contributed by atoms with Crippen LogP contribution in [0.15, 0.2) is 48.9 Å². The summed E-state index contributed by atoms with van der Waals surface area (Å²) in [4.78, 5) is 18.1. The molecule has 1 aliphatic rings. The Morgan fingerprint density at radius 2 is 2.05 bits per heavy atom. The van der Waals surface area contributed by atoms with Gasteiger partial charge in [-0.3, -0.25) is 9.78 Å². The first-order chi connectivity index (χ1) is 18.0. The van der Waals surface area contributed by atoms with Crippen LogP contribution >= 0.6 is 0 Å². The Labute approximate surface area is 218 Å². The minimum atomic E-state index is -1.10. The number of likely N-dealkylation sites (tertiary alicyclic amines) is 1. The molecule has 0 aliphatic carbocycles. The summed E-state index contributed by atoms with van der Waals surface area (Å²) < 4.78 is 20.9. The molecule has 3 aromatic rings. The Morgan fingerprint density at radius 1 is 1.16 bits per heavy atom. The van der Waals surface area contributed by atoms with Crippen molar-refractivity contribution in [3.63, 3.8) is 0 Å². The second kappa shape index (κ2) is 13.4. The summed E-state index contributed by atoms with van der Waals surface area (Å²) >= 11 is 0. The molecule has 1 unspecified atom stereocenters. The van der Waals surface area contributed by atoms with E-state index >= 15 is 4.39 Å². The summed E-state index contributed by atoms with van der Waals surface area (Å²) in [5.74, 6) is 0.532. The van der Waals surface area contributed by atoms with Gasteiger partial charge in [-0.2, -0.15) is 10.2 Å². The van der Waals surface area contributed by atoms with Crippen molar-refractivity contribution in [2.75, 3.05) is 26.7 Å². The van der Waals surface area contributed by atoms with Crippen LogP contribution in [0.25, 0.3) is 10.9 Å². The number of piperidine rings is 1. The molecule has 198 valence electrons. The number of hydrogen-bond donors (Lipinski definition) is 1. The maximum absolute atomic E-state index is 15.5. The second-order valence-electron chi connectivity index (χ2n) is 10.1. The summed E-state index contributed by atoms with van der Waals surface area (Å²) in [6.45, 7) is 2.88. The summed E-state index contributed by atoms with van der Waals surface area (Å²) in [5, 5.41) is 17.8. The molecule has 1 aliphatic heterocycles. The molecule has 4 rings (SSSR count). The van der Waals surface area contributed by atoms with Crippen molar-refractivity contribution in [3.05, 3.63) is 60.0 Å². The van der Waals surface area contributed by atoms with E-state index in [0.717, 1.165) is 62.6 Å². The molecule has 0 bridgehead atoms. The number of unbranched alkanes of at least 4 members (excludes halogenated alkanes) is 1. The lowest BCUT2D eigenvalue weighted by Gasteiger charge is -2.39. The van der Waals surface area contributed by atoms with E-state index in [0.29, 0.717) is 30.1 Å². The molecule has 3 heterocycles. The van der Waals surface area contributed by atoms with Gasteiger partial charge in [0.25, 0.3) is 0 Å². The largest absolute Gasteiger partial charge is 0.497 e. The molecule has 1 aromatic carbocycles. The third-order valence-corrected chi connectivity index (χ3v) is 7.65. The zero-order chi connectivity index (χ0) is 26.0. The van der Waals surface area contributed by atoms with Gasteiger partial charge < -0.3 is 14.7 Å². The van der Waals surface area contributed by atoms with Crippen molar-refractivity contribution < 1.29 is 19.0 Å². The number of halogens is 1. The van der Waals surface area contributed by atoms with Crippen molar-refractivity contribution in [2.45, 2.75) is 57.5 Å². The number of aromatic nitrogens is 3. The molecule has 3 atom stereocenters. The molecule has 0 spiro atoms. The van der Waals surface area contributed by atoms with Crippen molar-refractivity contribution in [1.82, 2.24) is 20.1 Å². The lowest BCUT2D eigenvalue weighted by atomic mass is 9.79. The number of fused-ring (bicyclic) bond motifs is 1. The van der Waals surface area contributed by atoms with Crippen LogP contribution in [0.4, 0.5) is 4.39 Å². The van der Waals surface area contributed by atoms with Gasteiger partial charge in [-0.05, 0) is 111 Å². The van der Waals surface area contributed by atoms with Crippen molar-refractivity contribution >= 4 is 16.9 Å². The molecule has 37 heavy (non-hydrogen) atoms. The standard InChI is InChI=1S/C29H37FN4O3/c1-37-24-7-9-28-26(18-24)25(12-14-31-28)27(30)8-5-22-13-17-34(20-23(22)6-10-29(35)36)16-3-2-4-21-11-15-32-33-19-21/h7,9,11-12,14-15,18-19,22-23,27H,2-6,8,10,13,16-17,20H2,1H3,(H,35,36)/t22-,23+,27?/m1/s1. The normalized spacial score (nSPS) is 19.1. The van der Waals surface area contributed by atoms with E-state index in [9.17, 15) is 9.90 Å². The van der Waals surface area contributed by atoms with Crippen LogP contribution in [0, 0.1) is 11.8 Å². The third kappa shape index (κ3) is 7.68. The molecule has 1 fully saturated rings. The fourth-order valence-corrected chi connectivity index (χ4v) is 5.57. The highest BCUT2D eigenvalue weighted by Crippen LogP contribution is 2.36. The predicted octanol–water partition coefficient (Wildman–Crippen LogP) is 5.65. The zero-order valence-electron chi connectivity index (χ0n) is 21.6. The maximum atomic E-state index is 15.5. The summed E-state index contributed by atoms with van der Waals surface area (Å²) in [7, 11) is 1.60. The molecular formula is C29H37FN4O3. The fraction of sp³-hybridized carbons (Fsp3) is 0.517. The van der Waals surface area contributed by atoms with Gasteiger partial charge in [0, 0.05) is 30.7 Å².